The second-order valence-corrected chi connectivity index (χ2v) is 6.09. The zero-order valence-corrected chi connectivity index (χ0v) is 13.6. The molecule has 2 aromatic rings. The number of aromatic nitrogens is 1. The van der Waals surface area contributed by atoms with Gasteiger partial charge in [0.2, 0.25) is 0 Å². The van der Waals surface area contributed by atoms with Crippen LogP contribution in [0.2, 0.25) is 0 Å². The minimum Gasteiger partial charge on any atom is -0.497 e. The van der Waals surface area contributed by atoms with Crippen LogP contribution < -0.4 is 10.1 Å². The smallest absolute Gasteiger partial charge is 0.443 e. The number of benzene rings is 1. The molecule has 1 atom stereocenters. The third kappa shape index (κ3) is 3.56. The average Bonchev–Trinajstić information content (AvgIpc) is 2.91. The molecular formula is C13H12BrF3N2OS. The molecule has 1 aromatic carbocycles. The number of alkyl halides is 3. The van der Waals surface area contributed by atoms with E-state index in [1.54, 1.807) is 25.2 Å². The van der Waals surface area contributed by atoms with Gasteiger partial charge < -0.3 is 10.1 Å². The van der Waals surface area contributed by atoms with Gasteiger partial charge in [0.15, 0.2) is 5.01 Å². The van der Waals surface area contributed by atoms with Crippen LogP contribution in [-0.4, -0.2) is 19.1 Å². The van der Waals surface area contributed by atoms with Gasteiger partial charge in [0.05, 0.1) is 13.2 Å². The highest BCUT2D eigenvalue weighted by atomic mass is 79.9. The number of nitrogens with zero attached hydrogens (tertiary/aromatic N) is 1. The Morgan fingerprint density at radius 3 is 2.62 bits per heavy atom. The fourth-order valence-corrected chi connectivity index (χ4v) is 3.26. The average molecular weight is 381 g/mol. The van der Waals surface area contributed by atoms with Gasteiger partial charge in [-0.05, 0) is 30.8 Å². The van der Waals surface area contributed by atoms with Crippen molar-refractivity contribution in [3.8, 4) is 5.75 Å². The minimum atomic E-state index is -4.42. The quantitative estimate of drug-likeness (QED) is 0.860. The fourth-order valence-electron chi connectivity index (χ4n) is 1.87. The Balaban J connectivity index is 2.42. The van der Waals surface area contributed by atoms with Crippen molar-refractivity contribution in [3.05, 3.63) is 44.3 Å². The standard InChI is InChI=1S/C13H12BrF3N2OS/c1-18-11(8-5-7(20-2)3-4-9(8)14)10-6-19-12(21-10)13(15,16)17/h3-6,11,18H,1-2H3. The lowest BCUT2D eigenvalue weighted by molar-refractivity contribution is -0.137. The number of halogens is 4. The fraction of sp³-hybridized carbons (Fsp3) is 0.308. The number of thiazole rings is 1. The molecule has 1 aromatic heterocycles. The molecule has 2 rings (SSSR count). The van der Waals surface area contributed by atoms with Crippen LogP contribution in [-0.2, 0) is 6.18 Å². The summed E-state index contributed by atoms with van der Waals surface area (Å²) in [4.78, 5) is 3.95. The number of methoxy groups -OCH3 is 1. The monoisotopic (exact) mass is 380 g/mol. The number of hydrogen-bond acceptors (Lipinski definition) is 4. The summed E-state index contributed by atoms with van der Waals surface area (Å²) in [6.07, 6.45) is -3.17. The summed E-state index contributed by atoms with van der Waals surface area (Å²) in [5.41, 5.74) is 0.786. The second-order valence-electron chi connectivity index (χ2n) is 4.17. The third-order valence-corrected chi connectivity index (χ3v) is 4.68. The van der Waals surface area contributed by atoms with Crippen molar-refractivity contribution in [2.24, 2.45) is 0 Å². The molecule has 114 valence electrons. The van der Waals surface area contributed by atoms with Crippen molar-refractivity contribution >= 4 is 27.3 Å². The molecular weight excluding hydrogens is 369 g/mol. The van der Waals surface area contributed by atoms with Crippen LogP contribution in [0.1, 0.15) is 21.5 Å². The highest BCUT2D eigenvalue weighted by molar-refractivity contribution is 9.10. The summed E-state index contributed by atoms with van der Waals surface area (Å²) in [7, 11) is 3.22. The van der Waals surface area contributed by atoms with Gasteiger partial charge in [-0.2, -0.15) is 13.2 Å². The van der Waals surface area contributed by atoms with Crippen LogP contribution >= 0.6 is 27.3 Å². The third-order valence-electron chi connectivity index (χ3n) is 2.85. The Kier molecular flexibility index (Phi) is 4.90. The zero-order chi connectivity index (χ0) is 15.6. The van der Waals surface area contributed by atoms with E-state index >= 15 is 0 Å². The van der Waals surface area contributed by atoms with E-state index in [-0.39, 0.29) is 0 Å². The van der Waals surface area contributed by atoms with E-state index in [9.17, 15) is 13.2 Å². The highest BCUT2D eigenvalue weighted by Crippen LogP contribution is 2.38. The van der Waals surface area contributed by atoms with Crippen molar-refractivity contribution in [1.82, 2.24) is 10.3 Å². The first-order valence-corrected chi connectivity index (χ1v) is 7.51. The summed E-state index contributed by atoms with van der Waals surface area (Å²) in [5, 5.41) is 2.16. The Bertz CT molecular complexity index is 630. The lowest BCUT2D eigenvalue weighted by atomic mass is 10.1. The Morgan fingerprint density at radius 2 is 2.10 bits per heavy atom. The molecule has 0 aliphatic rings. The summed E-state index contributed by atoms with van der Waals surface area (Å²) >= 11 is 4.04. The van der Waals surface area contributed by atoms with Crippen molar-refractivity contribution in [2.75, 3.05) is 14.2 Å². The van der Waals surface area contributed by atoms with Crippen molar-refractivity contribution in [2.45, 2.75) is 12.2 Å². The molecule has 8 heteroatoms. The molecule has 0 saturated heterocycles. The van der Waals surface area contributed by atoms with Gasteiger partial charge in [-0.25, -0.2) is 4.98 Å². The maximum Gasteiger partial charge on any atom is 0.443 e. The summed E-state index contributed by atoms with van der Waals surface area (Å²) in [5.74, 6) is 0.633. The van der Waals surface area contributed by atoms with Gasteiger partial charge in [-0.15, -0.1) is 11.3 Å². The number of nitrogens with one attached hydrogen (secondary N) is 1. The van der Waals surface area contributed by atoms with Crippen molar-refractivity contribution < 1.29 is 17.9 Å². The topological polar surface area (TPSA) is 34.2 Å². The highest BCUT2D eigenvalue weighted by Gasteiger charge is 2.35. The SMILES string of the molecule is CNC(c1cnc(C(F)(F)F)s1)c1cc(OC)ccc1Br. The molecule has 3 nitrogen and oxygen atoms in total. The molecule has 0 radical (unpaired) electrons. The second kappa shape index (κ2) is 6.33. The minimum absolute atomic E-state index is 0.400. The molecule has 1 heterocycles. The maximum atomic E-state index is 12.7. The first-order chi connectivity index (χ1) is 9.86. The van der Waals surface area contributed by atoms with Crippen LogP contribution in [0.5, 0.6) is 5.75 Å². The van der Waals surface area contributed by atoms with Crippen molar-refractivity contribution in [3.63, 3.8) is 0 Å². The van der Waals surface area contributed by atoms with E-state index in [1.807, 2.05) is 0 Å². The predicted octanol–water partition coefficient (Wildman–Crippen LogP) is 4.24. The van der Waals surface area contributed by atoms with Gasteiger partial charge in [0, 0.05) is 15.5 Å². The molecule has 1 N–H and O–H groups in total. The van der Waals surface area contributed by atoms with Gasteiger partial charge in [0.25, 0.3) is 0 Å². The van der Waals surface area contributed by atoms with Crippen LogP contribution in [0.25, 0.3) is 0 Å². The Morgan fingerprint density at radius 1 is 1.38 bits per heavy atom. The van der Waals surface area contributed by atoms with Gasteiger partial charge in [0.1, 0.15) is 5.75 Å². The molecule has 0 bridgehead atoms. The van der Waals surface area contributed by atoms with Gasteiger partial charge >= 0.3 is 6.18 Å². The number of hydrogen-bond donors (Lipinski definition) is 1. The normalized spacial score (nSPS) is 13.2. The van der Waals surface area contributed by atoms with Gasteiger partial charge in [-0.3, -0.25) is 0 Å². The molecule has 1 unspecified atom stereocenters. The van der Waals surface area contributed by atoms with E-state index in [2.05, 4.69) is 26.2 Å². The molecule has 0 fully saturated rings. The molecule has 21 heavy (non-hydrogen) atoms. The Hall–Kier alpha value is -1.12. The van der Waals surface area contributed by atoms with Crippen LogP contribution in [0.15, 0.2) is 28.9 Å². The molecule has 0 aliphatic carbocycles. The van der Waals surface area contributed by atoms with Crippen molar-refractivity contribution in [1.29, 1.82) is 0 Å². The number of ether oxygens (including phenoxy) is 1. The summed E-state index contributed by atoms with van der Waals surface area (Å²) < 4.78 is 43.9. The van der Waals surface area contributed by atoms with Crippen LogP contribution in [0.4, 0.5) is 13.2 Å². The van der Waals surface area contributed by atoms with Gasteiger partial charge in [-0.1, -0.05) is 15.9 Å². The van der Waals surface area contributed by atoms with Crippen LogP contribution in [0.3, 0.4) is 0 Å². The Labute approximate surface area is 132 Å². The molecule has 0 saturated carbocycles. The van der Waals surface area contributed by atoms with E-state index in [1.165, 1.54) is 13.3 Å². The van der Waals surface area contributed by atoms with E-state index in [0.29, 0.717) is 22.0 Å². The lowest BCUT2D eigenvalue weighted by Gasteiger charge is -2.17. The lowest BCUT2D eigenvalue weighted by Crippen LogP contribution is -2.17. The van der Waals surface area contributed by atoms with E-state index in [0.717, 1.165) is 10.0 Å². The van der Waals surface area contributed by atoms with E-state index in [4.69, 9.17) is 4.74 Å². The summed E-state index contributed by atoms with van der Waals surface area (Å²) in [6, 6.07) is 4.94. The number of rotatable bonds is 4. The largest absolute Gasteiger partial charge is 0.497 e. The molecule has 0 aliphatic heterocycles. The maximum absolute atomic E-state index is 12.7. The first-order valence-electron chi connectivity index (χ1n) is 5.90. The first kappa shape index (κ1) is 16.3. The molecule has 0 spiro atoms. The zero-order valence-electron chi connectivity index (χ0n) is 11.2. The van der Waals surface area contributed by atoms with Crippen LogP contribution in [0, 0.1) is 0 Å². The van der Waals surface area contributed by atoms with E-state index < -0.39 is 17.2 Å². The predicted molar refractivity (Wildman–Crippen MR) is 78.7 cm³/mol. The molecule has 0 amide bonds. The summed E-state index contributed by atoms with van der Waals surface area (Å²) in [6.45, 7) is 0.